The molecule has 1 atom stereocenters. The molecule has 0 aromatic heterocycles. The van der Waals surface area contributed by atoms with E-state index in [0.717, 1.165) is 5.56 Å². The molecule has 0 unspecified atom stereocenters. The summed E-state index contributed by atoms with van der Waals surface area (Å²) in [6.45, 7) is 2.68. The Morgan fingerprint density at radius 3 is 2.28 bits per heavy atom. The zero-order valence-electron chi connectivity index (χ0n) is 15.9. The number of nitrogens with one attached hydrogen (secondary N) is 2. The Morgan fingerprint density at radius 1 is 1.10 bits per heavy atom. The summed E-state index contributed by atoms with van der Waals surface area (Å²) in [6, 6.07) is 11.0. The fourth-order valence-electron chi connectivity index (χ4n) is 2.38. The van der Waals surface area contributed by atoms with Crippen LogP contribution in [0, 0.1) is 17.7 Å². The van der Waals surface area contributed by atoms with Crippen LogP contribution in [0.1, 0.15) is 35.3 Å². The number of rotatable bonds is 5. The van der Waals surface area contributed by atoms with Gasteiger partial charge in [-0.2, -0.15) is 0 Å². The highest BCUT2D eigenvalue weighted by atomic mass is 19.1. The molecule has 0 saturated carbocycles. The van der Waals surface area contributed by atoms with E-state index in [1.807, 2.05) is 0 Å². The number of aliphatic hydroxyl groups is 1. The minimum atomic E-state index is -1.58. The average Bonchev–Trinajstić information content (AvgIpc) is 2.69. The Morgan fingerprint density at radius 2 is 1.72 bits per heavy atom. The van der Waals surface area contributed by atoms with E-state index in [-0.39, 0.29) is 11.4 Å². The largest absolute Gasteiger partial charge is 0.388 e. The van der Waals surface area contributed by atoms with Gasteiger partial charge in [0, 0.05) is 11.1 Å². The third-order valence-electron chi connectivity index (χ3n) is 3.95. The molecule has 29 heavy (non-hydrogen) atoms. The summed E-state index contributed by atoms with van der Waals surface area (Å²) in [7, 11) is 0. The van der Waals surface area contributed by atoms with E-state index in [1.165, 1.54) is 43.6 Å². The molecule has 0 aliphatic heterocycles. The zero-order chi connectivity index (χ0) is 21.4. The molecule has 2 amide bonds. The second-order valence-electron chi connectivity index (χ2n) is 6.77. The lowest BCUT2D eigenvalue weighted by Gasteiger charge is -2.28. The SMILES string of the molecule is CC(C)(O)[C@H](NC(=O)c1ccc(C#C/C=C/c2ccc(F)cc2)cc1)C(=O)NO. The minimum Gasteiger partial charge on any atom is -0.388 e. The van der Waals surface area contributed by atoms with Crippen molar-refractivity contribution in [1.82, 2.24) is 10.8 Å². The third-order valence-corrected chi connectivity index (χ3v) is 3.95. The topological polar surface area (TPSA) is 98.7 Å². The lowest BCUT2D eigenvalue weighted by Crippen LogP contribution is -2.57. The zero-order valence-corrected chi connectivity index (χ0v) is 15.9. The van der Waals surface area contributed by atoms with Gasteiger partial charge in [-0.05, 0) is 68.0 Å². The average molecular weight is 396 g/mol. The van der Waals surface area contributed by atoms with E-state index in [2.05, 4.69) is 17.2 Å². The van der Waals surface area contributed by atoms with Crippen LogP contribution in [0.15, 0.2) is 54.6 Å². The van der Waals surface area contributed by atoms with E-state index in [9.17, 15) is 19.1 Å². The van der Waals surface area contributed by atoms with Gasteiger partial charge in [0.1, 0.15) is 11.9 Å². The maximum absolute atomic E-state index is 12.8. The monoisotopic (exact) mass is 396 g/mol. The Labute approximate surface area is 168 Å². The van der Waals surface area contributed by atoms with Crippen LogP contribution in [0.2, 0.25) is 0 Å². The summed E-state index contributed by atoms with van der Waals surface area (Å²) in [5.74, 6) is 3.94. The molecule has 0 bridgehead atoms. The molecule has 0 radical (unpaired) electrons. The Bertz CT molecular complexity index is 950. The number of carbonyl (C=O) groups is 2. The molecular formula is C22H21FN2O4. The van der Waals surface area contributed by atoms with Crippen LogP contribution < -0.4 is 10.8 Å². The van der Waals surface area contributed by atoms with Crippen molar-refractivity contribution < 1.29 is 24.3 Å². The molecule has 0 aliphatic rings. The normalized spacial score (nSPS) is 12.0. The predicted octanol–water partition coefficient (Wildman–Crippen LogP) is 2.27. The Kier molecular flexibility index (Phi) is 7.26. The fourth-order valence-corrected chi connectivity index (χ4v) is 2.38. The maximum atomic E-state index is 12.8. The van der Waals surface area contributed by atoms with Crippen LogP contribution in [0.25, 0.3) is 6.08 Å². The van der Waals surface area contributed by atoms with Crippen LogP contribution in [-0.4, -0.2) is 33.8 Å². The highest BCUT2D eigenvalue weighted by Gasteiger charge is 2.34. The van der Waals surface area contributed by atoms with E-state index in [1.54, 1.807) is 36.4 Å². The smallest absolute Gasteiger partial charge is 0.268 e. The van der Waals surface area contributed by atoms with Gasteiger partial charge in [-0.25, -0.2) is 9.87 Å². The number of hydrogen-bond donors (Lipinski definition) is 4. The number of hydroxylamine groups is 1. The number of benzene rings is 2. The quantitative estimate of drug-likeness (QED) is 0.354. The molecule has 2 aromatic carbocycles. The third kappa shape index (κ3) is 6.57. The summed E-state index contributed by atoms with van der Waals surface area (Å²) in [5.41, 5.74) is 1.59. The Hall–Kier alpha value is -3.47. The van der Waals surface area contributed by atoms with E-state index in [4.69, 9.17) is 5.21 Å². The van der Waals surface area contributed by atoms with Crippen molar-refractivity contribution in [1.29, 1.82) is 0 Å². The lowest BCUT2D eigenvalue weighted by molar-refractivity contribution is -0.136. The molecule has 0 saturated heterocycles. The van der Waals surface area contributed by atoms with Gasteiger partial charge in [0.2, 0.25) is 0 Å². The first-order valence-corrected chi connectivity index (χ1v) is 8.71. The number of hydrogen-bond acceptors (Lipinski definition) is 4. The van der Waals surface area contributed by atoms with Crippen molar-refractivity contribution in [2.75, 3.05) is 0 Å². The lowest BCUT2D eigenvalue weighted by atomic mass is 9.97. The summed E-state index contributed by atoms with van der Waals surface area (Å²) >= 11 is 0. The van der Waals surface area contributed by atoms with Crippen molar-refractivity contribution in [3.05, 3.63) is 77.1 Å². The van der Waals surface area contributed by atoms with Crippen molar-refractivity contribution in [3.8, 4) is 11.8 Å². The molecule has 0 heterocycles. The van der Waals surface area contributed by atoms with Crippen molar-refractivity contribution >= 4 is 17.9 Å². The first-order chi connectivity index (χ1) is 13.7. The molecule has 7 heteroatoms. The number of amides is 2. The van der Waals surface area contributed by atoms with Gasteiger partial charge in [0.25, 0.3) is 11.8 Å². The predicted molar refractivity (Wildman–Crippen MR) is 106 cm³/mol. The van der Waals surface area contributed by atoms with Crippen molar-refractivity contribution in [2.45, 2.75) is 25.5 Å². The van der Waals surface area contributed by atoms with Crippen molar-refractivity contribution in [2.24, 2.45) is 0 Å². The van der Waals surface area contributed by atoms with Gasteiger partial charge >= 0.3 is 0 Å². The van der Waals surface area contributed by atoms with Crippen LogP contribution >= 0.6 is 0 Å². The van der Waals surface area contributed by atoms with Gasteiger partial charge in [0.15, 0.2) is 0 Å². The van der Waals surface area contributed by atoms with Crippen LogP contribution in [0.3, 0.4) is 0 Å². The highest BCUT2D eigenvalue weighted by molar-refractivity contribution is 5.97. The summed E-state index contributed by atoms with van der Waals surface area (Å²) in [5, 5.41) is 21.2. The second-order valence-corrected chi connectivity index (χ2v) is 6.77. The van der Waals surface area contributed by atoms with Gasteiger partial charge in [-0.3, -0.25) is 14.8 Å². The fraction of sp³-hybridized carbons (Fsp3) is 0.182. The highest BCUT2D eigenvalue weighted by Crippen LogP contribution is 2.11. The van der Waals surface area contributed by atoms with Gasteiger partial charge < -0.3 is 10.4 Å². The first kappa shape index (κ1) is 21.8. The molecule has 2 aromatic rings. The molecular weight excluding hydrogens is 375 g/mol. The summed E-state index contributed by atoms with van der Waals surface area (Å²) < 4.78 is 12.8. The molecule has 6 nitrogen and oxygen atoms in total. The Balaban J connectivity index is 2.03. The summed E-state index contributed by atoms with van der Waals surface area (Å²) in [6.07, 6.45) is 3.38. The van der Waals surface area contributed by atoms with Gasteiger partial charge in [0.05, 0.1) is 5.60 Å². The second kappa shape index (κ2) is 9.64. The molecule has 150 valence electrons. The van der Waals surface area contributed by atoms with E-state index in [0.29, 0.717) is 5.56 Å². The number of carbonyl (C=O) groups excluding carboxylic acids is 2. The maximum Gasteiger partial charge on any atom is 0.268 e. The van der Waals surface area contributed by atoms with E-state index < -0.39 is 23.5 Å². The minimum absolute atomic E-state index is 0.261. The van der Waals surface area contributed by atoms with E-state index >= 15 is 0 Å². The molecule has 0 fully saturated rings. The molecule has 0 aliphatic carbocycles. The van der Waals surface area contributed by atoms with Gasteiger partial charge in [-0.1, -0.05) is 24.0 Å². The number of halogens is 1. The van der Waals surface area contributed by atoms with Crippen LogP contribution in [0.4, 0.5) is 4.39 Å². The van der Waals surface area contributed by atoms with Crippen LogP contribution in [0.5, 0.6) is 0 Å². The first-order valence-electron chi connectivity index (χ1n) is 8.71. The molecule has 2 rings (SSSR count). The standard InChI is InChI=1S/C22H21FN2O4/c1-22(2,28)19(21(27)25-29)24-20(26)17-11-7-15(8-12-17)5-3-4-6-16-9-13-18(23)14-10-16/h4,6-14,19,28-29H,1-2H3,(H,24,26)(H,25,27)/b6-4+/t19-/m1/s1. The molecule has 4 N–H and O–H groups in total. The number of allylic oxidation sites excluding steroid dienone is 1. The summed E-state index contributed by atoms with van der Waals surface area (Å²) in [4.78, 5) is 24.0. The molecule has 0 spiro atoms. The van der Waals surface area contributed by atoms with Crippen LogP contribution in [-0.2, 0) is 4.79 Å². The van der Waals surface area contributed by atoms with Gasteiger partial charge in [-0.15, -0.1) is 0 Å². The van der Waals surface area contributed by atoms with Crippen molar-refractivity contribution in [3.63, 3.8) is 0 Å².